The maximum absolute atomic E-state index is 12.9. The van der Waals surface area contributed by atoms with Crippen LogP contribution in [0.4, 0.5) is 0 Å². The summed E-state index contributed by atoms with van der Waals surface area (Å²) < 4.78 is 23.4. The Morgan fingerprint density at radius 3 is 2.48 bits per heavy atom. The van der Waals surface area contributed by atoms with E-state index < -0.39 is 5.91 Å². The topological polar surface area (TPSA) is 106 Å². The zero-order valence-electron chi connectivity index (χ0n) is 23.1. The standard InChI is InChI=1S/C32H30N4O5S/c1-3-10-23-11-8-9-14-26(23)39-17-18-40-27-16-15-22(20-28(27)38-4-2)19-25-30(33)36-32(34-31(25)37)42-29(35-36)21-41-24-12-6-5-7-13-24/h3,5-9,11-16,19-20,33H,1,4,10,17-18,21H2,2H3/b25-19-,33-30?. The number of amides is 1. The van der Waals surface area contributed by atoms with Crippen LogP contribution in [0.15, 0.2) is 101 Å². The van der Waals surface area contributed by atoms with Crippen molar-refractivity contribution in [2.75, 3.05) is 26.4 Å². The number of hydrogen-bond acceptors (Lipinski definition) is 8. The number of aliphatic imine (C=N–C) groups is 1. The predicted octanol–water partition coefficient (Wildman–Crippen LogP) is 5.97. The van der Waals surface area contributed by atoms with E-state index in [9.17, 15) is 4.79 Å². The summed E-state index contributed by atoms with van der Waals surface area (Å²) >= 11 is 1.21. The van der Waals surface area contributed by atoms with E-state index in [0.29, 0.717) is 52.8 Å². The highest BCUT2D eigenvalue weighted by Crippen LogP contribution is 2.32. The minimum atomic E-state index is -0.508. The molecule has 0 aliphatic carbocycles. The summed E-state index contributed by atoms with van der Waals surface area (Å²) in [6.07, 6.45) is 4.17. The number of carbonyl (C=O) groups excluding carboxylic acids is 1. The molecule has 9 nitrogen and oxygen atoms in total. The fourth-order valence-corrected chi connectivity index (χ4v) is 4.99. The van der Waals surface area contributed by atoms with E-state index in [1.165, 1.54) is 16.8 Å². The van der Waals surface area contributed by atoms with Crippen LogP contribution in [-0.2, 0) is 11.2 Å². The van der Waals surface area contributed by atoms with Crippen molar-refractivity contribution in [1.82, 2.24) is 5.01 Å². The van der Waals surface area contributed by atoms with Gasteiger partial charge in [0.15, 0.2) is 17.3 Å². The Bertz CT molecular complexity index is 1570. The number of amidine groups is 2. The number of carbonyl (C=O) groups is 1. The van der Waals surface area contributed by atoms with E-state index in [1.54, 1.807) is 24.3 Å². The lowest BCUT2D eigenvalue weighted by Gasteiger charge is -2.20. The van der Waals surface area contributed by atoms with Crippen molar-refractivity contribution >= 4 is 39.8 Å². The molecule has 2 aliphatic rings. The Hall–Kier alpha value is -4.83. The summed E-state index contributed by atoms with van der Waals surface area (Å²) in [5.74, 6) is 2.02. The highest BCUT2D eigenvalue weighted by Gasteiger charge is 2.35. The van der Waals surface area contributed by atoms with Crippen molar-refractivity contribution in [2.24, 2.45) is 10.1 Å². The van der Waals surface area contributed by atoms with Crippen LogP contribution < -0.4 is 18.9 Å². The van der Waals surface area contributed by atoms with E-state index in [-0.39, 0.29) is 18.0 Å². The Morgan fingerprint density at radius 1 is 0.929 bits per heavy atom. The summed E-state index contributed by atoms with van der Waals surface area (Å²) in [6.45, 7) is 6.97. The predicted molar refractivity (Wildman–Crippen MR) is 166 cm³/mol. The minimum Gasteiger partial charge on any atom is -0.490 e. The number of allylic oxidation sites excluding steroid dienone is 1. The molecule has 0 spiro atoms. The van der Waals surface area contributed by atoms with Crippen LogP contribution in [0.3, 0.4) is 0 Å². The zero-order valence-corrected chi connectivity index (χ0v) is 23.9. The lowest BCUT2D eigenvalue weighted by Crippen LogP contribution is -2.35. The van der Waals surface area contributed by atoms with Crippen LogP contribution in [0.2, 0.25) is 0 Å². The molecule has 1 amide bonds. The summed E-state index contributed by atoms with van der Waals surface area (Å²) in [6, 6.07) is 22.6. The molecule has 42 heavy (non-hydrogen) atoms. The van der Waals surface area contributed by atoms with Gasteiger partial charge in [-0.25, -0.2) is 0 Å². The second kappa shape index (κ2) is 13.7. The van der Waals surface area contributed by atoms with Crippen LogP contribution in [0, 0.1) is 5.41 Å². The van der Waals surface area contributed by atoms with E-state index in [4.69, 9.17) is 24.4 Å². The van der Waals surface area contributed by atoms with Crippen molar-refractivity contribution in [3.05, 3.63) is 102 Å². The molecule has 1 N–H and O–H groups in total. The molecule has 0 unspecified atom stereocenters. The maximum Gasteiger partial charge on any atom is 0.283 e. The van der Waals surface area contributed by atoms with Crippen LogP contribution in [0.5, 0.6) is 23.0 Å². The number of fused-ring (bicyclic) bond motifs is 1. The van der Waals surface area contributed by atoms with Gasteiger partial charge < -0.3 is 18.9 Å². The van der Waals surface area contributed by atoms with E-state index in [1.807, 2.05) is 67.6 Å². The number of para-hydroxylation sites is 2. The molecule has 10 heteroatoms. The SMILES string of the molecule is C=CCc1ccccc1OCCOc1ccc(/C=C2/C(=N)N3N=C(COc4ccccc4)SC3=NC2=O)cc1OCC. The minimum absolute atomic E-state index is 0.0561. The van der Waals surface area contributed by atoms with Crippen molar-refractivity contribution < 1.29 is 23.7 Å². The van der Waals surface area contributed by atoms with Gasteiger partial charge in [-0.05, 0) is 72.6 Å². The van der Waals surface area contributed by atoms with Gasteiger partial charge in [0, 0.05) is 0 Å². The van der Waals surface area contributed by atoms with Gasteiger partial charge in [0.05, 0.1) is 12.2 Å². The third-order valence-corrected chi connectivity index (χ3v) is 7.00. The highest BCUT2D eigenvalue weighted by molar-refractivity contribution is 8.27. The van der Waals surface area contributed by atoms with Crippen molar-refractivity contribution in [3.63, 3.8) is 0 Å². The van der Waals surface area contributed by atoms with Crippen LogP contribution in [0.25, 0.3) is 6.08 Å². The molecule has 0 bridgehead atoms. The number of benzene rings is 3. The highest BCUT2D eigenvalue weighted by atomic mass is 32.2. The smallest absolute Gasteiger partial charge is 0.283 e. The van der Waals surface area contributed by atoms with E-state index >= 15 is 0 Å². The maximum atomic E-state index is 12.9. The molecule has 0 atom stereocenters. The number of thioether (sulfide) groups is 1. The normalized spacial score (nSPS) is 15.2. The molecule has 3 aromatic carbocycles. The molecule has 2 aliphatic heterocycles. The Morgan fingerprint density at radius 2 is 1.69 bits per heavy atom. The van der Waals surface area contributed by atoms with Gasteiger partial charge in [-0.1, -0.05) is 48.5 Å². The number of nitrogens with one attached hydrogen (secondary N) is 1. The monoisotopic (exact) mass is 582 g/mol. The van der Waals surface area contributed by atoms with E-state index in [2.05, 4.69) is 16.7 Å². The number of nitrogens with zero attached hydrogens (tertiary/aromatic N) is 3. The fraction of sp³-hybridized carbons (Fsp3) is 0.188. The third kappa shape index (κ3) is 6.90. The first kappa shape index (κ1) is 28.7. The van der Waals surface area contributed by atoms with E-state index in [0.717, 1.165) is 17.7 Å². The van der Waals surface area contributed by atoms with Gasteiger partial charge in [-0.15, -0.1) is 6.58 Å². The molecule has 214 valence electrons. The molecule has 0 fully saturated rings. The van der Waals surface area contributed by atoms with Crippen LogP contribution in [0.1, 0.15) is 18.1 Å². The second-order valence-corrected chi connectivity index (χ2v) is 10.1. The molecule has 0 saturated carbocycles. The first-order valence-electron chi connectivity index (χ1n) is 13.4. The van der Waals surface area contributed by atoms with Gasteiger partial charge in [-0.3, -0.25) is 10.2 Å². The van der Waals surface area contributed by atoms with Gasteiger partial charge in [-0.2, -0.15) is 15.1 Å². The summed E-state index contributed by atoms with van der Waals surface area (Å²) in [4.78, 5) is 17.0. The Kier molecular flexibility index (Phi) is 9.35. The number of hydrazone groups is 1. The third-order valence-electron chi connectivity index (χ3n) is 6.12. The first-order chi connectivity index (χ1) is 20.6. The van der Waals surface area contributed by atoms with Crippen LogP contribution >= 0.6 is 11.8 Å². The van der Waals surface area contributed by atoms with Gasteiger partial charge >= 0.3 is 0 Å². The van der Waals surface area contributed by atoms with Crippen molar-refractivity contribution in [3.8, 4) is 23.0 Å². The average Bonchev–Trinajstić information content (AvgIpc) is 3.42. The van der Waals surface area contributed by atoms with Crippen molar-refractivity contribution in [1.29, 1.82) is 5.41 Å². The molecule has 5 rings (SSSR count). The summed E-state index contributed by atoms with van der Waals surface area (Å²) in [7, 11) is 0. The lowest BCUT2D eigenvalue weighted by molar-refractivity contribution is -0.114. The Labute approximate surface area is 248 Å². The van der Waals surface area contributed by atoms with Gasteiger partial charge in [0.1, 0.15) is 36.4 Å². The van der Waals surface area contributed by atoms with Crippen LogP contribution in [-0.4, -0.2) is 53.4 Å². The largest absolute Gasteiger partial charge is 0.490 e. The first-order valence-corrected chi connectivity index (χ1v) is 14.3. The number of rotatable bonds is 13. The fourth-order valence-electron chi connectivity index (χ4n) is 4.19. The van der Waals surface area contributed by atoms with Gasteiger partial charge in [0.2, 0.25) is 5.17 Å². The number of hydrogen-bond donors (Lipinski definition) is 1. The van der Waals surface area contributed by atoms with Crippen molar-refractivity contribution in [2.45, 2.75) is 13.3 Å². The molecule has 3 aromatic rings. The lowest BCUT2D eigenvalue weighted by atomic mass is 10.1. The quantitative estimate of drug-likeness (QED) is 0.150. The average molecular weight is 583 g/mol. The molecule has 2 heterocycles. The summed E-state index contributed by atoms with van der Waals surface area (Å²) in [5, 5.41) is 15.4. The van der Waals surface area contributed by atoms with Gasteiger partial charge in [0.25, 0.3) is 5.91 Å². The molecule has 0 saturated heterocycles. The molecule has 0 radical (unpaired) electrons. The molecule has 0 aromatic heterocycles. The zero-order chi connectivity index (χ0) is 29.3. The Balaban J connectivity index is 1.24. The number of ether oxygens (including phenoxy) is 4. The molecular formula is C32H30N4O5S. The second-order valence-electron chi connectivity index (χ2n) is 9.05. The molecular weight excluding hydrogens is 552 g/mol. The summed E-state index contributed by atoms with van der Waals surface area (Å²) in [5.41, 5.74) is 1.85.